The van der Waals surface area contributed by atoms with Crippen LogP contribution < -0.4 is 5.32 Å². The van der Waals surface area contributed by atoms with Crippen LogP contribution in [0.5, 0.6) is 0 Å². The number of esters is 1. The van der Waals surface area contributed by atoms with Crippen molar-refractivity contribution < 1.29 is 14.3 Å². The standard InChI is InChI=1S/C19H15NO3S/c1-19(11-13-4-2-3-5-15(13)17(21)23-19)18(22)20-14-6-7-16-12(10-14)8-9-24-16/h2-10H,11H2,1H3,(H,20,22). The Labute approximate surface area is 143 Å². The van der Waals surface area contributed by atoms with Crippen LogP contribution in [0.15, 0.2) is 53.9 Å². The number of nitrogens with one attached hydrogen (secondary N) is 1. The van der Waals surface area contributed by atoms with E-state index in [0.717, 1.165) is 15.6 Å². The molecule has 2 aromatic carbocycles. The molecule has 1 N–H and O–H groups in total. The summed E-state index contributed by atoms with van der Waals surface area (Å²) >= 11 is 1.65. The van der Waals surface area contributed by atoms with E-state index in [0.29, 0.717) is 17.7 Å². The molecule has 0 saturated carbocycles. The lowest BCUT2D eigenvalue weighted by Crippen LogP contribution is -2.48. The summed E-state index contributed by atoms with van der Waals surface area (Å²) < 4.78 is 6.62. The Kier molecular flexibility index (Phi) is 3.39. The van der Waals surface area contributed by atoms with E-state index < -0.39 is 11.6 Å². The summed E-state index contributed by atoms with van der Waals surface area (Å²) in [6.45, 7) is 1.65. The van der Waals surface area contributed by atoms with Gasteiger partial charge in [-0.2, -0.15) is 0 Å². The van der Waals surface area contributed by atoms with Crippen LogP contribution in [0.1, 0.15) is 22.8 Å². The summed E-state index contributed by atoms with van der Waals surface area (Å²) in [5.74, 6) is -0.775. The maximum Gasteiger partial charge on any atom is 0.339 e. The fourth-order valence-corrected chi connectivity index (χ4v) is 3.74. The molecule has 0 spiro atoms. The Morgan fingerprint density at radius 2 is 2.04 bits per heavy atom. The molecule has 24 heavy (non-hydrogen) atoms. The van der Waals surface area contributed by atoms with Crippen molar-refractivity contribution in [2.75, 3.05) is 5.32 Å². The number of carbonyl (C=O) groups is 2. The van der Waals surface area contributed by atoms with Crippen molar-refractivity contribution in [1.82, 2.24) is 0 Å². The molecule has 1 aliphatic heterocycles. The Morgan fingerprint density at radius 3 is 2.92 bits per heavy atom. The molecule has 0 saturated heterocycles. The molecule has 3 aromatic rings. The first kappa shape index (κ1) is 14.9. The summed E-state index contributed by atoms with van der Waals surface area (Å²) in [5, 5.41) is 5.96. The molecule has 1 aliphatic rings. The summed E-state index contributed by atoms with van der Waals surface area (Å²) in [6, 6.07) is 15.0. The molecule has 1 amide bonds. The van der Waals surface area contributed by atoms with E-state index in [1.807, 2.05) is 41.8 Å². The number of benzene rings is 2. The topological polar surface area (TPSA) is 55.4 Å². The van der Waals surface area contributed by atoms with Crippen molar-refractivity contribution in [3.05, 3.63) is 65.0 Å². The number of rotatable bonds is 2. The van der Waals surface area contributed by atoms with Crippen molar-refractivity contribution in [3.63, 3.8) is 0 Å². The van der Waals surface area contributed by atoms with Crippen LogP contribution in [-0.4, -0.2) is 17.5 Å². The first-order valence-electron chi connectivity index (χ1n) is 7.65. The fourth-order valence-electron chi connectivity index (χ4n) is 2.97. The number of cyclic esters (lactones) is 1. The van der Waals surface area contributed by atoms with Crippen LogP contribution in [0, 0.1) is 0 Å². The third kappa shape index (κ3) is 2.47. The van der Waals surface area contributed by atoms with Gasteiger partial charge in [-0.3, -0.25) is 4.79 Å². The predicted molar refractivity (Wildman–Crippen MR) is 94.4 cm³/mol. The molecule has 1 unspecified atom stereocenters. The predicted octanol–water partition coefficient (Wildman–Crippen LogP) is 4.01. The van der Waals surface area contributed by atoms with Gasteiger partial charge in [0.2, 0.25) is 0 Å². The second-order valence-corrected chi connectivity index (χ2v) is 7.03. The highest BCUT2D eigenvalue weighted by atomic mass is 32.1. The van der Waals surface area contributed by atoms with Gasteiger partial charge in [0.05, 0.1) is 5.56 Å². The number of carbonyl (C=O) groups excluding carboxylic acids is 2. The number of hydrogen-bond donors (Lipinski definition) is 1. The van der Waals surface area contributed by atoms with Crippen LogP contribution in [0.2, 0.25) is 0 Å². The van der Waals surface area contributed by atoms with Crippen molar-refractivity contribution in [2.24, 2.45) is 0 Å². The van der Waals surface area contributed by atoms with Gasteiger partial charge in [-0.15, -0.1) is 11.3 Å². The van der Waals surface area contributed by atoms with Crippen LogP contribution in [-0.2, 0) is 16.0 Å². The molecule has 4 nitrogen and oxygen atoms in total. The van der Waals surface area contributed by atoms with Crippen LogP contribution in [0.25, 0.3) is 10.1 Å². The molecule has 1 atom stereocenters. The van der Waals surface area contributed by atoms with Crippen LogP contribution in [0.4, 0.5) is 5.69 Å². The van der Waals surface area contributed by atoms with Crippen molar-refractivity contribution in [2.45, 2.75) is 18.9 Å². The largest absolute Gasteiger partial charge is 0.445 e. The monoisotopic (exact) mass is 337 g/mol. The first-order chi connectivity index (χ1) is 11.5. The van der Waals surface area contributed by atoms with E-state index in [9.17, 15) is 9.59 Å². The first-order valence-corrected chi connectivity index (χ1v) is 8.53. The molecule has 0 fully saturated rings. The Hall–Kier alpha value is -2.66. The Bertz CT molecular complexity index is 962. The number of thiophene rings is 1. The molecule has 0 aliphatic carbocycles. The minimum absolute atomic E-state index is 0.320. The zero-order chi connectivity index (χ0) is 16.7. The second kappa shape index (κ2) is 5.46. The van der Waals surface area contributed by atoms with Gasteiger partial charge in [-0.05, 0) is 53.6 Å². The fraction of sp³-hybridized carbons (Fsp3) is 0.158. The Morgan fingerprint density at radius 1 is 1.21 bits per heavy atom. The smallest absolute Gasteiger partial charge is 0.339 e. The average molecular weight is 337 g/mol. The van der Waals surface area contributed by atoms with Gasteiger partial charge in [-0.1, -0.05) is 18.2 Å². The SMILES string of the molecule is CC1(C(=O)Nc2ccc3sccc3c2)Cc2ccccc2C(=O)O1. The maximum atomic E-state index is 12.7. The summed E-state index contributed by atoms with van der Waals surface area (Å²) in [5.41, 5.74) is 0.846. The quantitative estimate of drug-likeness (QED) is 0.719. The molecule has 0 bridgehead atoms. The van der Waals surface area contributed by atoms with Gasteiger partial charge >= 0.3 is 5.97 Å². The van der Waals surface area contributed by atoms with Crippen molar-refractivity contribution >= 4 is 39.0 Å². The van der Waals surface area contributed by atoms with Gasteiger partial charge in [0.25, 0.3) is 5.91 Å². The zero-order valence-electron chi connectivity index (χ0n) is 13.0. The van der Waals surface area contributed by atoms with Gasteiger partial charge in [0, 0.05) is 16.8 Å². The number of hydrogen-bond acceptors (Lipinski definition) is 4. The minimum atomic E-state index is -1.21. The highest BCUT2D eigenvalue weighted by Crippen LogP contribution is 2.30. The zero-order valence-corrected chi connectivity index (χ0v) is 13.9. The van der Waals surface area contributed by atoms with Gasteiger partial charge in [0.1, 0.15) is 0 Å². The molecule has 2 heterocycles. The lowest BCUT2D eigenvalue weighted by molar-refractivity contribution is -0.134. The summed E-state index contributed by atoms with van der Waals surface area (Å²) in [7, 11) is 0. The van der Waals surface area contributed by atoms with Gasteiger partial charge < -0.3 is 10.1 Å². The maximum absolute atomic E-state index is 12.7. The highest BCUT2D eigenvalue weighted by Gasteiger charge is 2.42. The van der Waals surface area contributed by atoms with Crippen molar-refractivity contribution in [3.8, 4) is 0 Å². The normalized spacial score (nSPS) is 19.6. The Balaban J connectivity index is 1.60. The van der Waals surface area contributed by atoms with E-state index in [4.69, 9.17) is 4.74 Å². The van der Waals surface area contributed by atoms with E-state index in [1.165, 1.54) is 0 Å². The van der Waals surface area contributed by atoms with E-state index >= 15 is 0 Å². The number of fused-ring (bicyclic) bond motifs is 2. The van der Waals surface area contributed by atoms with Crippen LogP contribution >= 0.6 is 11.3 Å². The van der Waals surface area contributed by atoms with E-state index in [-0.39, 0.29) is 5.91 Å². The lowest BCUT2D eigenvalue weighted by atomic mass is 9.89. The molecule has 1 aromatic heterocycles. The molecule has 4 rings (SSSR count). The third-order valence-electron chi connectivity index (χ3n) is 4.27. The molecule has 0 radical (unpaired) electrons. The molecule has 5 heteroatoms. The van der Waals surface area contributed by atoms with Gasteiger partial charge in [0.15, 0.2) is 5.60 Å². The molecular formula is C19H15NO3S. The van der Waals surface area contributed by atoms with Crippen molar-refractivity contribution in [1.29, 1.82) is 0 Å². The number of amides is 1. The van der Waals surface area contributed by atoms with E-state index in [2.05, 4.69) is 5.32 Å². The third-order valence-corrected chi connectivity index (χ3v) is 5.17. The summed E-state index contributed by atoms with van der Waals surface area (Å²) in [4.78, 5) is 24.9. The number of ether oxygens (including phenoxy) is 1. The second-order valence-electron chi connectivity index (χ2n) is 6.08. The average Bonchev–Trinajstić information content (AvgIpc) is 3.02. The van der Waals surface area contributed by atoms with E-state index in [1.54, 1.807) is 30.4 Å². The lowest BCUT2D eigenvalue weighted by Gasteiger charge is -2.33. The highest BCUT2D eigenvalue weighted by molar-refractivity contribution is 7.17. The molecular weight excluding hydrogens is 322 g/mol. The van der Waals surface area contributed by atoms with Crippen LogP contribution in [0.3, 0.4) is 0 Å². The number of anilines is 1. The summed E-state index contributed by atoms with van der Waals surface area (Å²) in [6.07, 6.45) is 0.363. The molecule has 120 valence electrons. The minimum Gasteiger partial charge on any atom is -0.445 e. The van der Waals surface area contributed by atoms with Gasteiger partial charge in [-0.25, -0.2) is 4.79 Å².